The predicted molar refractivity (Wildman–Crippen MR) is 64.6 cm³/mol. The van der Waals surface area contributed by atoms with Crippen LogP contribution in [0.5, 0.6) is 0 Å². The van der Waals surface area contributed by atoms with Crippen molar-refractivity contribution in [1.82, 2.24) is 5.32 Å². The van der Waals surface area contributed by atoms with Gasteiger partial charge in [-0.05, 0) is 17.9 Å². The second-order valence-corrected chi connectivity index (χ2v) is 4.27. The molecule has 7 heteroatoms. The molecule has 0 bridgehead atoms. The summed E-state index contributed by atoms with van der Waals surface area (Å²) in [6, 6.07) is 0.575. The SMILES string of the molecule is CC[C@H](CO)NC(=O)Nc1sccc1C(=O)O. The number of thiophene rings is 1. The van der Waals surface area contributed by atoms with E-state index in [9.17, 15) is 9.59 Å². The lowest BCUT2D eigenvalue weighted by Crippen LogP contribution is -2.39. The van der Waals surface area contributed by atoms with Crippen molar-refractivity contribution in [2.24, 2.45) is 0 Å². The van der Waals surface area contributed by atoms with E-state index in [2.05, 4.69) is 10.6 Å². The lowest BCUT2D eigenvalue weighted by atomic mass is 10.2. The zero-order chi connectivity index (χ0) is 12.8. The van der Waals surface area contributed by atoms with E-state index in [4.69, 9.17) is 10.2 Å². The number of aliphatic hydroxyl groups excluding tert-OH is 1. The van der Waals surface area contributed by atoms with Gasteiger partial charge in [-0.25, -0.2) is 9.59 Å². The van der Waals surface area contributed by atoms with Crippen LogP contribution in [0.25, 0.3) is 0 Å². The van der Waals surface area contributed by atoms with E-state index in [0.29, 0.717) is 6.42 Å². The quantitative estimate of drug-likeness (QED) is 0.640. The van der Waals surface area contributed by atoms with Gasteiger partial charge in [-0.15, -0.1) is 11.3 Å². The van der Waals surface area contributed by atoms with Crippen LogP contribution in [-0.2, 0) is 0 Å². The van der Waals surface area contributed by atoms with Crippen LogP contribution in [-0.4, -0.2) is 34.9 Å². The number of carbonyl (C=O) groups is 2. The third kappa shape index (κ3) is 3.72. The first kappa shape index (κ1) is 13.5. The number of aromatic carboxylic acids is 1. The Bertz CT molecular complexity index is 401. The summed E-state index contributed by atoms with van der Waals surface area (Å²) in [5, 5.41) is 24.6. The summed E-state index contributed by atoms with van der Waals surface area (Å²) >= 11 is 1.13. The van der Waals surface area contributed by atoms with E-state index in [1.54, 1.807) is 5.38 Å². The molecule has 4 N–H and O–H groups in total. The average Bonchev–Trinajstić information content (AvgIpc) is 2.74. The molecule has 17 heavy (non-hydrogen) atoms. The zero-order valence-corrected chi connectivity index (χ0v) is 10.1. The van der Waals surface area contributed by atoms with Crippen LogP contribution in [0.4, 0.5) is 9.80 Å². The van der Waals surface area contributed by atoms with Crippen molar-refractivity contribution >= 4 is 28.3 Å². The third-order valence-corrected chi connectivity index (χ3v) is 3.00. The molecule has 94 valence electrons. The number of hydrogen-bond donors (Lipinski definition) is 4. The summed E-state index contributed by atoms with van der Waals surface area (Å²) in [7, 11) is 0. The minimum absolute atomic E-state index is 0.0576. The first-order valence-electron chi connectivity index (χ1n) is 5.07. The number of aliphatic hydroxyl groups is 1. The molecule has 0 spiro atoms. The van der Waals surface area contributed by atoms with Gasteiger partial charge in [0.15, 0.2) is 0 Å². The Labute approximate surface area is 102 Å². The number of amides is 2. The molecule has 0 fully saturated rings. The van der Waals surface area contributed by atoms with E-state index < -0.39 is 12.0 Å². The summed E-state index contributed by atoms with van der Waals surface area (Å²) in [6.07, 6.45) is 0.597. The maximum absolute atomic E-state index is 11.5. The van der Waals surface area contributed by atoms with E-state index in [1.165, 1.54) is 6.07 Å². The van der Waals surface area contributed by atoms with Crippen LogP contribution >= 0.6 is 11.3 Å². The van der Waals surface area contributed by atoms with Gasteiger partial charge >= 0.3 is 12.0 Å². The fourth-order valence-electron chi connectivity index (χ4n) is 1.18. The Morgan fingerprint density at radius 2 is 2.24 bits per heavy atom. The molecule has 1 aromatic rings. The van der Waals surface area contributed by atoms with Gasteiger partial charge in [-0.2, -0.15) is 0 Å². The number of rotatable bonds is 5. The number of carboxylic acid groups (broad SMARTS) is 1. The van der Waals surface area contributed by atoms with E-state index >= 15 is 0 Å². The van der Waals surface area contributed by atoms with Crippen molar-refractivity contribution in [1.29, 1.82) is 0 Å². The fraction of sp³-hybridized carbons (Fsp3) is 0.400. The van der Waals surface area contributed by atoms with Crippen molar-refractivity contribution in [2.45, 2.75) is 19.4 Å². The standard InChI is InChI=1S/C10H14N2O4S/c1-2-6(5-13)11-10(16)12-8-7(9(14)15)3-4-17-8/h3-4,6,13H,2,5H2,1H3,(H,14,15)(H2,11,12,16)/t6-/m1/s1. The number of nitrogens with one attached hydrogen (secondary N) is 2. The smallest absolute Gasteiger partial charge is 0.338 e. The van der Waals surface area contributed by atoms with Gasteiger partial charge in [0.25, 0.3) is 0 Å². The predicted octanol–water partition coefficient (Wildman–Crippen LogP) is 1.34. The average molecular weight is 258 g/mol. The minimum Gasteiger partial charge on any atom is -0.478 e. The minimum atomic E-state index is -1.09. The molecule has 6 nitrogen and oxygen atoms in total. The van der Waals surface area contributed by atoms with Crippen molar-refractivity contribution in [3.05, 3.63) is 17.0 Å². The van der Waals surface area contributed by atoms with E-state index in [-0.39, 0.29) is 23.2 Å². The fourth-order valence-corrected chi connectivity index (χ4v) is 1.95. The second kappa shape index (κ2) is 6.21. The van der Waals surface area contributed by atoms with Gasteiger partial charge in [0.2, 0.25) is 0 Å². The Balaban J connectivity index is 2.62. The Morgan fingerprint density at radius 1 is 1.53 bits per heavy atom. The normalized spacial score (nSPS) is 11.9. The molecule has 0 radical (unpaired) electrons. The molecule has 1 heterocycles. The number of hydrogen-bond acceptors (Lipinski definition) is 4. The topological polar surface area (TPSA) is 98.7 Å². The van der Waals surface area contributed by atoms with Crippen LogP contribution in [0.3, 0.4) is 0 Å². The molecule has 0 unspecified atom stereocenters. The Kier molecular flexibility index (Phi) is 4.92. The van der Waals surface area contributed by atoms with Gasteiger partial charge in [-0.1, -0.05) is 6.92 Å². The van der Waals surface area contributed by atoms with Gasteiger partial charge in [0.05, 0.1) is 18.2 Å². The molecule has 2 amide bonds. The van der Waals surface area contributed by atoms with Crippen molar-refractivity contribution < 1.29 is 19.8 Å². The van der Waals surface area contributed by atoms with Crippen molar-refractivity contribution in [3.8, 4) is 0 Å². The van der Waals surface area contributed by atoms with Crippen molar-refractivity contribution in [3.63, 3.8) is 0 Å². The largest absolute Gasteiger partial charge is 0.478 e. The van der Waals surface area contributed by atoms with E-state index in [1.807, 2.05) is 6.92 Å². The maximum atomic E-state index is 11.5. The molecule has 1 rings (SSSR count). The summed E-state index contributed by atoms with van der Waals surface area (Å²) in [4.78, 5) is 22.3. The molecule has 0 aliphatic carbocycles. The molecule has 0 saturated heterocycles. The highest BCUT2D eigenvalue weighted by Crippen LogP contribution is 2.22. The zero-order valence-electron chi connectivity index (χ0n) is 9.27. The van der Waals surface area contributed by atoms with Crippen LogP contribution < -0.4 is 10.6 Å². The van der Waals surface area contributed by atoms with Crippen LogP contribution in [0.2, 0.25) is 0 Å². The van der Waals surface area contributed by atoms with Crippen LogP contribution in [0, 0.1) is 0 Å². The lowest BCUT2D eigenvalue weighted by Gasteiger charge is -2.14. The molecule has 0 aromatic carbocycles. The number of urea groups is 1. The van der Waals surface area contributed by atoms with E-state index in [0.717, 1.165) is 11.3 Å². The highest BCUT2D eigenvalue weighted by Gasteiger charge is 2.15. The summed E-state index contributed by atoms with van der Waals surface area (Å²) in [5.74, 6) is -1.09. The molecule has 0 saturated carbocycles. The Morgan fingerprint density at radius 3 is 2.76 bits per heavy atom. The highest BCUT2D eigenvalue weighted by atomic mass is 32.1. The Hall–Kier alpha value is -1.60. The lowest BCUT2D eigenvalue weighted by molar-refractivity contribution is 0.0698. The first-order valence-corrected chi connectivity index (χ1v) is 5.95. The molecule has 1 aromatic heterocycles. The van der Waals surface area contributed by atoms with Crippen molar-refractivity contribution in [2.75, 3.05) is 11.9 Å². The number of carbonyl (C=O) groups excluding carboxylic acids is 1. The highest BCUT2D eigenvalue weighted by molar-refractivity contribution is 7.14. The van der Waals surface area contributed by atoms with Gasteiger partial charge < -0.3 is 15.5 Å². The molecule has 1 atom stereocenters. The monoisotopic (exact) mass is 258 g/mol. The summed E-state index contributed by atoms with van der Waals surface area (Å²) in [6.45, 7) is 1.68. The molecule has 0 aliphatic rings. The second-order valence-electron chi connectivity index (χ2n) is 3.35. The number of carboxylic acids is 1. The first-order chi connectivity index (χ1) is 8.08. The summed E-state index contributed by atoms with van der Waals surface area (Å²) in [5.41, 5.74) is 0.0576. The summed E-state index contributed by atoms with van der Waals surface area (Å²) < 4.78 is 0. The van der Waals surface area contributed by atoms with Gasteiger partial charge in [0.1, 0.15) is 5.00 Å². The maximum Gasteiger partial charge on any atom is 0.338 e. The molecular weight excluding hydrogens is 244 g/mol. The number of anilines is 1. The van der Waals surface area contributed by atoms with Crippen LogP contribution in [0.15, 0.2) is 11.4 Å². The van der Waals surface area contributed by atoms with Gasteiger partial charge in [0, 0.05) is 0 Å². The molecular formula is C10H14N2O4S. The van der Waals surface area contributed by atoms with Gasteiger partial charge in [-0.3, -0.25) is 5.32 Å². The third-order valence-electron chi connectivity index (χ3n) is 2.17. The van der Waals surface area contributed by atoms with Crippen LogP contribution in [0.1, 0.15) is 23.7 Å². The molecule has 0 aliphatic heterocycles.